The van der Waals surface area contributed by atoms with Crippen LogP contribution in [0.15, 0.2) is 58.3 Å². The van der Waals surface area contributed by atoms with E-state index in [2.05, 4.69) is 9.97 Å². The smallest absolute Gasteiger partial charge is 0.306 e. The molecule has 4 aromatic rings. The molecule has 4 rings (SSSR count). The predicted molar refractivity (Wildman–Crippen MR) is 115 cm³/mol. The van der Waals surface area contributed by atoms with Gasteiger partial charge in [-0.3, -0.25) is 19.3 Å². The van der Waals surface area contributed by atoms with Crippen molar-refractivity contribution in [2.24, 2.45) is 0 Å². The third kappa shape index (κ3) is 3.23. The Hall–Kier alpha value is -3.56. The molecule has 1 amide bonds. The fraction of sp³-hybridized carbons (Fsp3) is 0.0500. The zero-order valence-corrected chi connectivity index (χ0v) is 17.0. The topological polar surface area (TPSA) is 105 Å². The van der Waals surface area contributed by atoms with Gasteiger partial charge in [0.15, 0.2) is 6.29 Å². The number of aromatic amines is 1. The minimum atomic E-state index is -0.729. The third-order valence-corrected chi connectivity index (χ3v) is 5.83. The number of benzene rings is 1. The highest BCUT2D eigenvalue weighted by Crippen LogP contribution is 2.31. The molecule has 0 bridgehead atoms. The summed E-state index contributed by atoms with van der Waals surface area (Å²) < 4.78 is 0.912. The number of amides is 1. The van der Waals surface area contributed by atoms with Gasteiger partial charge in [-0.2, -0.15) is 0 Å². The number of H-pyrrole nitrogens is 1. The van der Waals surface area contributed by atoms with Crippen LogP contribution < -0.4 is 16.1 Å². The van der Waals surface area contributed by atoms with Gasteiger partial charge in [-0.1, -0.05) is 29.8 Å². The van der Waals surface area contributed by atoms with E-state index in [4.69, 9.17) is 11.6 Å². The molecule has 0 aliphatic rings. The molecule has 1 N–H and O–H groups in total. The van der Waals surface area contributed by atoms with Gasteiger partial charge < -0.3 is 4.98 Å². The second-order valence-electron chi connectivity index (χ2n) is 6.28. The lowest BCUT2D eigenvalue weighted by Gasteiger charge is -2.14. The quantitative estimate of drug-likeness (QED) is 0.491. The number of aldehydes is 1. The van der Waals surface area contributed by atoms with Crippen LogP contribution in [0.3, 0.4) is 0 Å². The minimum Gasteiger partial charge on any atom is -0.306 e. The largest absolute Gasteiger partial charge is 0.333 e. The summed E-state index contributed by atoms with van der Waals surface area (Å²) in [6.45, 7) is 0. The molecule has 0 atom stereocenters. The zero-order chi connectivity index (χ0) is 21.4. The summed E-state index contributed by atoms with van der Waals surface area (Å²) in [4.78, 5) is 58.1. The second-order valence-corrected chi connectivity index (χ2v) is 7.93. The van der Waals surface area contributed by atoms with Crippen molar-refractivity contribution < 1.29 is 9.59 Å². The van der Waals surface area contributed by atoms with Crippen LogP contribution in [-0.4, -0.2) is 33.8 Å². The van der Waals surface area contributed by atoms with Crippen LogP contribution in [0, 0.1) is 0 Å². The van der Waals surface area contributed by atoms with E-state index in [9.17, 15) is 19.2 Å². The molecule has 30 heavy (non-hydrogen) atoms. The van der Waals surface area contributed by atoms with Crippen molar-refractivity contribution in [1.29, 1.82) is 0 Å². The summed E-state index contributed by atoms with van der Waals surface area (Å²) in [6, 6.07) is 11.1. The number of carbonyl (C=O) groups excluding carboxylic acids is 2. The fourth-order valence-corrected chi connectivity index (χ4v) is 4.27. The highest BCUT2D eigenvalue weighted by Gasteiger charge is 2.22. The molecule has 0 radical (unpaired) electrons. The van der Waals surface area contributed by atoms with Gasteiger partial charge in [0.1, 0.15) is 10.2 Å². The molecule has 3 heterocycles. The molecule has 0 fully saturated rings. The summed E-state index contributed by atoms with van der Waals surface area (Å²) >= 11 is 7.23. The number of hydrogen-bond donors (Lipinski definition) is 1. The van der Waals surface area contributed by atoms with Gasteiger partial charge in [-0.25, -0.2) is 14.3 Å². The van der Waals surface area contributed by atoms with E-state index >= 15 is 0 Å². The summed E-state index contributed by atoms with van der Waals surface area (Å²) in [5, 5.41) is 0.0628. The Morgan fingerprint density at radius 1 is 1.23 bits per heavy atom. The first-order valence-corrected chi connectivity index (χ1v) is 9.84. The molecule has 3 aromatic heterocycles. The molecule has 0 saturated carbocycles. The van der Waals surface area contributed by atoms with Crippen LogP contribution >= 0.6 is 22.9 Å². The van der Waals surface area contributed by atoms with Gasteiger partial charge in [0.2, 0.25) is 0 Å². The first-order chi connectivity index (χ1) is 14.4. The van der Waals surface area contributed by atoms with Crippen molar-refractivity contribution in [3.8, 4) is 5.69 Å². The van der Waals surface area contributed by atoms with Gasteiger partial charge in [0, 0.05) is 18.8 Å². The number of carbonyl (C=O) groups is 2. The number of aromatic nitrogens is 3. The van der Waals surface area contributed by atoms with Crippen LogP contribution in [0.25, 0.3) is 16.6 Å². The molecular formula is C20H13ClN4O4S. The highest BCUT2D eigenvalue weighted by molar-refractivity contribution is 7.18. The molecule has 8 nitrogen and oxygen atoms in total. The predicted octanol–water partition coefficient (Wildman–Crippen LogP) is 2.88. The van der Waals surface area contributed by atoms with Gasteiger partial charge in [0.25, 0.3) is 11.5 Å². The standard InChI is InChI=1S/C20H13ClN4O4S/c1-24(15-7-2-3-8-22-15)18(27)14-9-13(17(21)30-14)25-19(28)16-11(10-26)5-4-6-12(16)23-20(25)29/h2-10H,1H3,(H,23,29). The van der Waals surface area contributed by atoms with Crippen molar-refractivity contribution in [2.75, 3.05) is 11.9 Å². The van der Waals surface area contributed by atoms with E-state index in [1.807, 2.05) is 0 Å². The molecule has 10 heteroatoms. The number of thiophene rings is 1. The lowest BCUT2D eigenvalue weighted by atomic mass is 10.1. The number of pyridine rings is 1. The lowest BCUT2D eigenvalue weighted by molar-refractivity contribution is 0.0995. The van der Waals surface area contributed by atoms with E-state index in [0.717, 1.165) is 15.9 Å². The second kappa shape index (κ2) is 7.69. The highest BCUT2D eigenvalue weighted by atomic mass is 35.5. The summed E-state index contributed by atoms with van der Waals surface area (Å²) in [5.41, 5.74) is -0.989. The third-order valence-electron chi connectivity index (χ3n) is 4.50. The summed E-state index contributed by atoms with van der Waals surface area (Å²) in [7, 11) is 1.56. The van der Waals surface area contributed by atoms with Crippen LogP contribution in [0.2, 0.25) is 4.34 Å². The number of halogens is 1. The molecule has 0 unspecified atom stereocenters. The van der Waals surface area contributed by atoms with Crippen molar-refractivity contribution in [3.63, 3.8) is 0 Å². The van der Waals surface area contributed by atoms with Crippen LogP contribution in [-0.2, 0) is 0 Å². The number of anilines is 1. The van der Waals surface area contributed by atoms with Crippen molar-refractivity contribution in [2.45, 2.75) is 0 Å². The monoisotopic (exact) mass is 440 g/mol. The fourth-order valence-electron chi connectivity index (χ4n) is 3.04. The van der Waals surface area contributed by atoms with E-state index in [-0.39, 0.29) is 31.4 Å². The van der Waals surface area contributed by atoms with Gasteiger partial charge in [0.05, 0.1) is 21.5 Å². The van der Waals surface area contributed by atoms with Gasteiger partial charge in [-0.15, -0.1) is 11.3 Å². The maximum Gasteiger partial charge on any atom is 0.333 e. The van der Waals surface area contributed by atoms with E-state index in [0.29, 0.717) is 12.1 Å². The first-order valence-electron chi connectivity index (χ1n) is 8.64. The van der Waals surface area contributed by atoms with E-state index < -0.39 is 17.2 Å². The van der Waals surface area contributed by atoms with E-state index in [1.165, 1.54) is 23.1 Å². The zero-order valence-electron chi connectivity index (χ0n) is 15.5. The van der Waals surface area contributed by atoms with Crippen LogP contribution in [0.4, 0.5) is 5.82 Å². The maximum absolute atomic E-state index is 13.0. The average Bonchev–Trinajstić information content (AvgIpc) is 3.13. The number of nitrogens with zero attached hydrogens (tertiary/aromatic N) is 3. The lowest BCUT2D eigenvalue weighted by Crippen LogP contribution is -2.34. The Kier molecular flexibility index (Phi) is 5.06. The Balaban J connectivity index is 1.85. The molecular weight excluding hydrogens is 428 g/mol. The Morgan fingerprint density at radius 3 is 2.73 bits per heavy atom. The Bertz CT molecular complexity index is 1410. The van der Waals surface area contributed by atoms with Crippen LogP contribution in [0.5, 0.6) is 0 Å². The molecule has 150 valence electrons. The molecule has 0 aliphatic heterocycles. The molecule has 0 saturated heterocycles. The van der Waals surface area contributed by atoms with Crippen molar-refractivity contribution in [1.82, 2.24) is 14.5 Å². The SMILES string of the molecule is CN(C(=O)c1cc(-n2c(=O)[nH]c3cccc(C=O)c3c2=O)c(Cl)s1)c1ccccn1. The Labute approximate surface area is 178 Å². The normalized spacial score (nSPS) is 10.9. The Morgan fingerprint density at radius 2 is 2.03 bits per heavy atom. The summed E-state index contributed by atoms with van der Waals surface area (Å²) in [6.07, 6.45) is 2.10. The first kappa shape index (κ1) is 19.7. The molecule has 0 spiro atoms. The van der Waals surface area contributed by atoms with Crippen molar-refractivity contribution in [3.05, 3.63) is 84.3 Å². The molecule has 1 aromatic carbocycles. The number of hydrogen-bond acceptors (Lipinski definition) is 6. The summed E-state index contributed by atoms with van der Waals surface area (Å²) in [5.74, 6) is 0.0376. The molecule has 0 aliphatic carbocycles. The van der Waals surface area contributed by atoms with Gasteiger partial charge >= 0.3 is 5.69 Å². The number of nitrogens with one attached hydrogen (secondary N) is 1. The van der Waals surface area contributed by atoms with Gasteiger partial charge in [-0.05, 0) is 24.3 Å². The average molecular weight is 441 g/mol. The van der Waals surface area contributed by atoms with Crippen molar-refractivity contribution >= 4 is 51.9 Å². The van der Waals surface area contributed by atoms with Crippen LogP contribution in [0.1, 0.15) is 20.0 Å². The minimum absolute atomic E-state index is 0.0628. The maximum atomic E-state index is 13.0. The number of rotatable bonds is 4. The number of fused-ring (bicyclic) bond motifs is 1. The van der Waals surface area contributed by atoms with E-state index in [1.54, 1.807) is 37.5 Å².